The van der Waals surface area contributed by atoms with E-state index < -0.39 is 22.8 Å². The van der Waals surface area contributed by atoms with Gasteiger partial charge in [0, 0.05) is 18.7 Å². The molecule has 0 heterocycles. The number of carbonyl (C=O) groups excluding carboxylic acids is 1. The lowest BCUT2D eigenvalue weighted by molar-refractivity contribution is -0.385. The van der Waals surface area contributed by atoms with Crippen LogP contribution in [0.25, 0.3) is 0 Å². The summed E-state index contributed by atoms with van der Waals surface area (Å²) in [4.78, 5) is 21.9. The van der Waals surface area contributed by atoms with Crippen LogP contribution in [0.2, 0.25) is 0 Å². The van der Waals surface area contributed by atoms with Crippen molar-refractivity contribution in [2.45, 2.75) is 25.9 Å². The number of hydrogen-bond donors (Lipinski definition) is 2. The first-order valence-corrected chi connectivity index (χ1v) is 6.31. The topological polar surface area (TPSA) is 92.5 Å². The van der Waals surface area contributed by atoms with Crippen LogP contribution in [0.3, 0.4) is 0 Å². The Balaban J connectivity index is 2.13. The average molecular weight is 282 g/mol. The fourth-order valence-corrected chi connectivity index (χ4v) is 1.96. The number of rotatable bonds is 5. The molecule has 6 nitrogen and oxygen atoms in total. The third-order valence-corrected chi connectivity index (χ3v) is 3.33. The largest absolute Gasteiger partial charge is 0.391 e. The van der Waals surface area contributed by atoms with Gasteiger partial charge < -0.3 is 10.4 Å². The van der Waals surface area contributed by atoms with Crippen LogP contribution in [0.1, 0.15) is 28.8 Å². The first kappa shape index (κ1) is 14.4. The molecule has 1 aromatic carbocycles. The molecule has 2 N–H and O–H groups in total. The number of nitrogens with zero attached hydrogens (tertiary/aromatic N) is 1. The molecule has 1 unspecified atom stereocenters. The molecule has 1 atom stereocenters. The molecular weight excluding hydrogens is 267 g/mol. The summed E-state index contributed by atoms with van der Waals surface area (Å²) in [5.74, 6) is -1.35. The zero-order chi connectivity index (χ0) is 14.9. The number of aryl methyl sites for hydroxylation is 1. The number of non-ortho nitro benzene ring substituents is 1. The molecule has 7 heteroatoms. The number of benzene rings is 1. The first-order chi connectivity index (χ1) is 9.40. The van der Waals surface area contributed by atoms with Crippen LogP contribution in [-0.2, 0) is 0 Å². The second-order valence-corrected chi connectivity index (χ2v) is 5.00. The van der Waals surface area contributed by atoms with Crippen molar-refractivity contribution in [3.05, 3.63) is 39.2 Å². The van der Waals surface area contributed by atoms with Crippen LogP contribution < -0.4 is 5.32 Å². The Kier molecular flexibility index (Phi) is 3.99. The molecule has 0 spiro atoms. The van der Waals surface area contributed by atoms with Crippen molar-refractivity contribution in [3.8, 4) is 0 Å². The van der Waals surface area contributed by atoms with Crippen molar-refractivity contribution in [3.63, 3.8) is 0 Å². The smallest absolute Gasteiger partial charge is 0.270 e. The molecule has 20 heavy (non-hydrogen) atoms. The van der Waals surface area contributed by atoms with Gasteiger partial charge in [0.2, 0.25) is 0 Å². The van der Waals surface area contributed by atoms with Crippen molar-refractivity contribution in [1.82, 2.24) is 5.32 Å². The summed E-state index contributed by atoms with van der Waals surface area (Å²) in [6, 6.07) is 1.98. The highest BCUT2D eigenvalue weighted by atomic mass is 19.1. The number of nitro benzene ring substituents is 1. The van der Waals surface area contributed by atoms with Crippen LogP contribution in [0, 0.1) is 28.8 Å². The Morgan fingerprint density at radius 3 is 2.80 bits per heavy atom. The van der Waals surface area contributed by atoms with Gasteiger partial charge in [-0.2, -0.15) is 0 Å². The summed E-state index contributed by atoms with van der Waals surface area (Å²) in [6.45, 7) is 1.38. The zero-order valence-electron chi connectivity index (χ0n) is 10.9. The van der Waals surface area contributed by atoms with Crippen molar-refractivity contribution in [2.75, 3.05) is 6.54 Å². The van der Waals surface area contributed by atoms with E-state index in [1.165, 1.54) is 6.92 Å². The molecule has 0 aromatic heterocycles. The van der Waals surface area contributed by atoms with E-state index in [2.05, 4.69) is 5.32 Å². The molecule has 108 valence electrons. The predicted octanol–water partition coefficient (Wildman–Crippen LogP) is 1.54. The maximum atomic E-state index is 13.8. The minimum atomic E-state index is -0.783. The maximum absolute atomic E-state index is 13.8. The molecule has 0 saturated heterocycles. The Morgan fingerprint density at radius 2 is 2.25 bits per heavy atom. The Hall–Kier alpha value is -2.02. The highest BCUT2D eigenvalue weighted by Gasteiger charge is 2.30. The summed E-state index contributed by atoms with van der Waals surface area (Å²) >= 11 is 0. The number of nitrogens with one attached hydrogen (secondary N) is 1. The Labute approximate surface area is 114 Å². The van der Waals surface area contributed by atoms with Crippen molar-refractivity contribution in [1.29, 1.82) is 0 Å². The molecule has 0 bridgehead atoms. The molecule has 1 aromatic rings. The standard InChI is InChI=1S/C13H15FN2O4/c1-7-4-9(16(19)20)5-10(12(7)14)13(18)15-6-11(17)8-2-3-8/h4-5,8,11,17H,2-3,6H2,1H3,(H,15,18). The van der Waals surface area contributed by atoms with Gasteiger partial charge >= 0.3 is 0 Å². The molecule has 1 fully saturated rings. The van der Waals surface area contributed by atoms with E-state index in [0.717, 1.165) is 25.0 Å². The summed E-state index contributed by atoms with van der Waals surface area (Å²) < 4.78 is 13.8. The molecule has 1 amide bonds. The summed E-state index contributed by atoms with van der Waals surface area (Å²) in [5, 5.41) is 22.8. The molecule has 1 aliphatic rings. The number of carbonyl (C=O) groups is 1. The van der Waals surface area contributed by atoms with Gasteiger partial charge in [0.1, 0.15) is 5.82 Å². The Bertz CT molecular complexity index is 558. The Morgan fingerprint density at radius 1 is 1.60 bits per heavy atom. The van der Waals surface area contributed by atoms with E-state index in [9.17, 15) is 24.4 Å². The van der Waals surface area contributed by atoms with E-state index in [1.54, 1.807) is 0 Å². The normalized spacial score (nSPS) is 15.8. The van der Waals surface area contributed by atoms with Crippen molar-refractivity contribution < 1.29 is 19.2 Å². The molecule has 0 radical (unpaired) electrons. The van der Waals surface area contributed by atoms with E-state index in [0.29, 0.717) is 0 Å². The minimum Gasteiger partial charge on any atom is -0.391 e. The number of amides is 1. The van der Waals surface area contributed by atoms with Gasteiger partial charge in [0.05, 0.1) is 16.6 Å². The lowest BCUT2D eigenvalue weighted by Crippen LogP contribution is -2.33. The van der Waals surface area contributed by atoms with Crippen LogP contribution in [-0.4, -0.2) is 28.6 Å². The third-order valence-electron chi connectivity index (χ3n) is 3.33. The van der Waals surface area contributed by atoms with Crippen molar-refractivity contribution >= 4 is 11.6 Å². The van der Waals surface area contributed by atoms with Gasteiger partial charge in [0.25, 0.3) is 11.6 Å². The van der Waals surface area contributed by atoms with Crippen LogP contribution >= 0.6 is 0 Å². The van der Waals surface area contributed by atoms with Crippen LogP contribution in [0.15, 0.2) is 12.1 Å². The van der Waals surface area contributed by atoms with Gasteiger partial charge in [0.15, 0.2) is 0 Å². The number of aliphatic hydroxyl groups excluding tert-OH is 1. The van der Waals surface area contributed by atoms with E-state index in [-0.39, 0.29) is 29.3 Å². The number of hydrogen-bond acceptors (Lipinski definition) is 4. The first-order valence-electron chi connectivity index (χ1n) is 6.31. The third kappa shape index (κ3) is 3.11. The van der Waals surface area contributed by atoms with Gasteiger partial charge in [-0.3, -0.25) is 14.9 Å². The molecule has 0 aliphatic heterocycles. The van der Waals surface area contributed by atoms with E-state index >= 15 is 0 Å². The van der Waals surface area contributed by atoms with Gasteiger partial charge in [-0.15, -0.1) is 0 Å². The quantitative estimate of drug-likeness (QED) is 0.633. The molecule has 2 rings (SSSR count). The fourth-order valence-electron chi connectivity index (χ4n) is 1.96. The van der Waals surface area contributed by atoms with E-state index in [1.807, 2.05) is 0 Å². The van der Waals surface area contributed by atoms with Crippen molar-refractivity contribution in [2.24, 2.45) is 5.92 Å². The summed E-state index contributed by atoms with van der Waals surface area (Å²) in [6.07, 6.45) is 1.18. The molecule has 1 saturated carbocycles. The zero-order valence-corrected chi connectivity index (χ0v) is 10.9. The minimum absolute atomic E-state index is 0.0185. The number of nitro groups is 1. The lowest BCUT2D eigenvalue weighted by Gasteiger charge is -2.11. The second-order valence-electron chi connectivity index (χ2n) is 5.00. The molecular formula is C13H15FN2O4. The van der Waals surface area contributed by atoms with Crippen LogP contribution in [0.5, 0.6) is 0 Å². The SMILES string of the molecule is Cc1cc([N+](=O)[O-])cc(C(=O)NCC(O)C2CC2)c1F. The second kappa shape index (κ2) is 5.54. The monoisotopic (exact) mass is 282 g/mol. The van der Waals surface area contributed by atoms with Crippen LogP contribution in [0.4, 0.5) is 10.1 Å². The van der Waals surface area contributed by atoms with Gasteiger partial charge in [-0.1, -0.05) is 0 Å². The van der Waals surface area contributed by atoms with Gasteiger partial charge in [-0.05, 0) is 31.2 Å². The summed E-state index contributed by atoms with van der Waals surface area (Å²) in [5.41, 5.74) is -0.677. The highest BCUT2D eigenvalue weighted by molar-refractivity contribution is 5.95. The maximum Gasteiger partial charge on any atom is 0.270 e. The van der Waals surface area contributed by atoms with E-state index in [4.69, 9.17) is 0 Å². The van der Waals surface area contributed by atoms with Gasteiger partial charge in [-0.25, -0.2) is 4.39 Å². The highest BCUT2D eigenvalue weighted by Crippen LogP contribution is 2.32. The average Bonchev–Trinajstić information content (AvgIpc) is 3.22. The fraction of sp³-hybridized carbons (Fsp3) is 0.462. The number of aliphatic hydroxyl groups is 1. The summed E-state index contributed by atoms with van der Waals surface area (Å²) in [7, 11) is 0. The number of halogens is 1. The predicted molar refractivity (Wildman–Crippen MR) is 68.9 cm³/mol. The lowest BCUT2D eigenvalue weighted by atomic mass is 10.1. The molecule has 1 aliphatic carbocycles.